The standard InChI is InChI=1S/C5H13NO3S.Na.H/c1-5(2)3-4-6-10(7,8)9;;/h5-6H,3-4H2,1-2H3,(H,7,8,9);;. The van der Waals surface area contributed by atoms with Gasteiger partial charge in [-0.1, -0.05) is 13.8 Å². The minimum absolute atomic E-state index is 0. The van der Waals surface area contributed by atoms with E-state index in [2.05, 4.69) is 0 Å². The summed E-state index contributed by atoms with van der Waals surface area (Å²) in [5, 5.41) is 0. The third kappa shape index (κ3) is 13.8. The Balaban J connectivity index is 0. The van der Waals surface area contributed by atoms with Crippen LogP contribution in [0.5, 0.6) is 0 Å². The van der Waals surface area contributed by atoms with Crippen LogP contribution < -0.4 is 4.72 Å². The molecule has 0 aliphatic heterocycles. The van der Waals surface area contributed by atoms with E-state index in [4.69, 9.17) is 4.55 Å². The Kier molecular flexibility index (Phi) is 8.37. The van der Waals surface area contributed by atoms with E-state index in [1.54, 1.807) is 0 Å². The molecule has 0 bridgehead atoms. The summed E-state index contributed by atoms with van der Waals surface area (Å²) in [7, 11) is -3.97. The Labute approximate surface area is 89.9 Å². The molecule has 0 heterocycles. The fraction of sp³-hybridized carbons (Fsp3) is 1.00. The van der Waals surface area contributed by atoms with Gasteiger partial charge >= 0.3 is 39.9 Å². The van der Waals surface area contributed by atoms with Crippen LogP contribution in [0.4, 0.5) is 0 Å². The summed E-state index contributed by atoms with van der Waals surface area (Å²) in [4.78, 5) is 0. The zero-order valence-corrected chi connectivity index (χ0v) is 6.98. The zero-order valence-electron chi connectivity index (χ0n) is 6.16. The summed E-state index contributed by atoms with van der Waals surface area (Å²) in [5.41, 5.74) is 0. The third-order valence-corrected chi connectivity index (χ3v) is 1.58. The number of nitrogens with one attached hydrogen (secondary N) is 1. The van der Waals surface area contributed by atoms with Crippen molar-refractivity contribution in [1.82, 2.24) is 4.72 Å². The van der Waals surface area contributed by atoms with Gasteiger partial charge in [0.2, 0.25) is 0 Å². The van der Waals surface area contributed by atoms with E-state index < -0.39 is 10.3 Å². The van der Waals surface area contributed by atoms with E-state index in [0.29, 0.717) is 12.5 Å². The molecule has 0 radical (unpaired) electrons. The average Bonchev–Trinajstić information content (AvgIpc) is 1.59. The van der Waals surface area contributed by atoms with E-state index in [0.717, 1.165) is 6.42 Å². The van der Waals surface area contributed by atoms with Gasteiger partial charge in [-0.2, -0.15) is 13.1 Å². The molecular formula is C5H14NNaO3S. The Bertz CT molecular complexity index is 178. The van der Waals surface area contributed by atoms with Crippen molar-refractivity contribution in [3.8, 4) is 0 Å². The topological polar surface area (TPSA) is 66.4 Å². The first-order chi connectivity index (χ1) is 4.42. The molecule has 0 amide bonds. The maximum absolute atomic E-state index is 10.1. The van der Waals surface area contributed by atoms with Crippen molar-refractivity contribution in [3.63, 3.8) is 0 Å². The second kappa shape index (κ2) is 6.39. The molecule has 0 fully saturated rings. The first-order valence-corrected chi connectivity index (χ1v) is 4.58. The van der Waals surface area contributed by atoms with Crippen molar-refractivity contribution in [2.75, 3.05) is 6.54 Å². The quantitative estimate of drug-likeness (QED) is 0.477. The van der Waals surface area contributed by atoms with Crippen molar-refractivity contribution < 1.29 is 13.0 Å². The van der Waals surface area contributed by atoms with E-state index >= 15 is 0 Å². The molecule has 0 aliphatic rings. The summed E-state index contributed by atoms with van der Waals surface area (Å²) in [5.74, 6) is 0.439. The average molecular weight is 191 g/mol. The molecule has 0 saturated carbocycles. The normalized spacial score (nSPS) is 11.3. The fourth-order valence-corrected chi connectivity index (χ4v) is 0.852. The van der Waals surface area contributed by atoms with Crippen LogP contribution in [0.2, 0.25) is 0 Å². The van der Waals surface area contributed by atoms with Crippen LogP contribution >= 0.6 is 0 Å². The molecule has 64 valence electrons. The van der Waals surface area contributed by atoms with E-state index in [9.17, 15) is 8.42 Å². The number of rotatable bonds is 4. The molecule has 0 spiro atoms. The monoisotopic (exact) mass is 191 g/mol. The molecule has 0 aliphatic carbocycles. The molecule has 4 nitrogen and oxygen atoms in total. The van der Waals surface area contributed by atoms with Crippen molar-refractivity contribution in [1.29, 1.82) is 0 Å². The van der Waals surface area contributed by atoms with E-state index in [-0.39, 0.29) is 29.6 Å². The Morgan fingerprint density at radius 2 is 1.91 bits per heavy atom. The molecule has 0 atom stereocenters. The molecule has 2 N–H and O–H groups in total. The van der Waals surface area contributed by atoms with Gasteiger partial charge in [0.05, 0.1) is 0 Å². The molecule has 0 aromatic heterocycles. The van der Waals surface area contributed by atoms with Gasteiger partial charge in [-0.05, 0) is 12.3 Å². The van der Waals surface area contributed by atoms with Crippen LogP contribution in [0.1, 0.15) is 20.3 Å². The predicted molar refractivity (Wildman–Crippen MR) is 46.2 cm³/mol. The van der Waals surface area contributed by atoms with Gasteiger partial charge in [-0.3, -0.25) is 4.55 Å². The molecule has 0 aromatic rings. The first-order valence-electron chi connectivity index (χ1n) is 3.14. The molecule has 0 unspecified atom stereocenters. The summed E-state index contributed by atoms with van der Waals surface area (Å²) in [6, 6.07) is 0. The van der Waals surface area contributed by atoms with Gasteiger partial charge in [0.15, 0.2) is 0 Å². The van der Waals surface area contributed by atoms with Crippen molar-refractivity contribution in [3.05, 3.63) is 0 Å². The summed E-state index contributed by atoms with van der Waals surface area (Å²) >= 11 is 0. The molecular weight excluding hydrogens is 177 g/mol. The Morgan fingerprint density at radius 3 is 2.18 bits per heavy atom. The molecule has 0 saturated heterocycles. The van der Waals surface area contributed by atoms with Gasteiger partial charge in [0, 0.05) is 6.54 Å². The van der Waals surface area contributed by atoms with Crippen LogP contribution in [0.15, 0.2) is 0 Å². The fourth-order valence-electron chi connectivity index (χ4n) is 0.477. The van der Waals surface area contributed by atoms with Gasteiger partial charge in [-0.25, -0.2) is 0 Å². The van der Waals surface area contributed by atoms with Crippen LogP contribution in [-0.4, -0.2) is 49.1 Å². The molecule has 11 heavy (non-hydrogen) atoms. The number of hydrogen-bond acceptors (Lipinski definition) is 2. The Morgan fingerprint density at radius 1 is 1.45 bits per heavy atom. The summed E-state index contributed by atoms with van der Waals surface area (Å²) < 4.78 is 30.3. The molecule has 6 heteroatoms. The van der Waals surface area contributed by atoms with Crippen LogP contribution in [0.3, 0.4) is 0 Å². The SMILES string of the molecule is CC(C)CCNS(=O)(=O)O.[NaH]. The van der Waals surface area contributed by atoms with Crippen LogP contribution in [-0.2, 0) is 10.3 Å². The van der Waals surface area contributed by atoms with E-state index in [1.165, 1.54) is 0 Å². The van der Waals surface area contributed by atoms with E-state index in [1.807, 2.05) is 18.6 Å². The van der Waals surface area contributed by atoms with Gasteiger partial charge in [-0.15, -0.1) is 0 Å². The first kappa shape index (κ1) is 14.4. The number of hydrogen-bond donors (Lipinski definition) is 2. The Hall–Kier alpha value is 0.870. The second-order valence-electron chi connectivity index (χ2n) is 2.55. The van der Waals surface area contributed by atoms with Crippen LogP contribution in [0.25, 0.3) is 0 Å². The second-order valence-corrected chi connectivity index (χ2v) is 3.79. The summed E-state index contributed by atoms with van der Waals surface area (Å²) in [6.45, 7) is 4.26. The maximum atomic E-state index is 10.1. The third-order valence-electron chi connectivity index (χ3n) is 1.01. The van der Waals surface area contributed by atoms with Gasteiger partial charge in [0.25, 0.3) is 0 Å². The molecule has 0 rings (SSSR count). The summed E-state index contributed by atoms with van der Waals surface area (Å²) in [6.07, 6.45) is 0.736. The van der Waals surface area contributed by atoms with Crippen molar-refractivity contribution >= 4 is 39.9 Å². The molecule has 0 aromatic carbocycles. The van der Waals surface area contributed by atoms with Gasteiger partial charge < -0.3 is 0 Å². The van der Waals surface area contributed by atoms with Crippen LogP contribution in [0, 0.1) is 5.92 Å². The van der Waals surface area contributed by atoms with Gasteiger partial charge in [0.1, 0.15) is 0 Å². The zero-order chi connectivity index (χ0) is 8.20. The predicted octanol–water partition coefficient (Wildman–Crippen LogP) is -0.224. The van der Waals surface area contributed by atoms with Crippen molar-refractivity contribution in [2.45, 2.75) is 20.3 Å². The minimum atomic E-state index is -3.97. The van der Waals surface area contributed by atoms with Crippen molar-refractivity contribution in [2.24, 2.45) is 5.92 Å².